The quantitative estimate of drug-likeness (QED) is 0.322. The third kappa shape index (κ3) is 5.06. The van der Waals surface area contributed by atoms with E-state index in [-0.39, 0.29) is 11.5 Å². The van der Waals surface area contributed by atoms with Gasteiger partial charge in [0.25, 0.3) is 11.5 Å². The van der Waals surface area contributed by atoms with E-state index in [1.54, 1.807) is 21.6 Å². The Kier molecular flexibility index (Phi) is 7.74. The van der Waals surface area contributed by atoms with E-state index in [4.69, 9.17) is 21.9 Å². The number of aromatic nitrogens is 2. The van der Waals surface area contributed by atoms with E-state index in [0.717, 1.165) is 25.1 Å². The summed E-state index contributed by atoms with van der Waals surface area (Å²) < 4.78 is 7.48. The van der Waals surface area contributed by atoms with Crippen LogP contribution in [0.1, 0.15) is 44.7 Å². The highest BCUT2D eigenvalue weighted by atomic mass is 32.2. The van der Waals surface area contributed by atoms with Crippen LogP contribution >= 0.6 is 24.0 Å². The number of hydrogen-bond acceptors (Lipinski definition) is 7. The van der Waals surface area contributed by atoms with E-state index in [9.17, 15) is 9.59 Å². The third-order valence-corrected chi connectivity index (χ3v) is 7.63. The largest absolute Gasteiger partial charge is 0.382 e. The van der Waals surface area contributed by atoms with Crippen molar-refractivity contribution in [3.63, 3.8) is 0 Å². The molecule has 0 aromatic carbocycles. The highest BCUT2D eigenvalue weighted by molar-refractivity contribution is 8.26. The van der Waals surface area contributed by atoms with Gasteiger partial charge < -0.3 is 9.64 Å². The van der Waals surface area contributed by atoms with Gasteiger partial charge in [-0.1, -0.05) is 43.9 Å². The minimum atomic E-state index is -0.170. The lowest BCUT2D eigenvalue weighted by Gasteiger charge is -2.36. The van der Waals surface area contributed by atoms with Crippen LogP contribution in [0.3, 0.4) is 0 Å². The topological polar surface area (TPSA) is 67.2 Å². The average Bonchev–Trinajstić information content (AvgIpc) is 3.05. The second kappa shape index (κ2) is 10.6. The molecule has 0 radical (unpaired) electrons. The number of carbonyl (C=O) groups excluding carboxylic acids is 1. The van der Waals surface area contributed by atoms with Crippen LogP contribution in [0.5, 0.6) is 0 Å². The molecule has 2 aliphatic rings. The van der Waals surface area contributed by atoms with Gasteiger partial charge in [-0.3, -0.25) is 18.9 Å². The number of nitrogens with zero attached hydrogens (tertiary/aromatic N) is 4. The first-order chi connectivity index (χ1) is 16.3. The first-order valence-corrected chi connectivity index (χ1v) is 13.1. The molecule has 182 valence electrons. The van der Waals surface area contributed by atoms with Crippen molar-refractivity contribution in [3.05, 3.63) is 44.7 Å². The Morgan fingerprint density at radius 1 is 1.26 bits per heavy atom. The number of carbonyl (C=O) groups is 1. The number of thiocarbonyl (C=S) groups is 1. The van der Waals surface area contributed by atoms with Gasteiger partial charge >= 0.3 is 0 Å². The molecule has 2 fully saturated rings. The lowest BCUT2D eigenvalue weighted by molar-refractivity contribution is -0.122. The molecule has 2 aromatic heterocycles. The van der Waals surface area contributed by atoms with Gasteiger partial charge in [-0.2, -0.15) is 0 Å². The molecule has 0 unspecified atom stereocenters. The minimum Gasteiger partial charge on any atom is -0.382 e. The van der Waals surface area contributed by atoms with Gasteiger partial charge in [0, 0.05) is 39.0 Å². The van der Waals surface area contributed by atoms with Crippen molar-refractivity contribution >= 4 is 51.7 Å². The second-order valence-corrected chi connectivity index (χ2v) is 10.9. The number of aryl methyl sites for hydroxylation is 1. The van der Waals surface area contributed by atoms with E-state index in [2.05, 4.69) is 18.7 Å². The van der Waals surface area contributed by atoms with Crippen molar-refractivity contribution in [2.75, 3.05) is 37.7 Å². The van der Waals surface area contributed by atoms with Crippen molar-refractivity contribution in [3.8, 4) is 0 Å². The van der Waals surface area contributed by atoms with Gasteiger partial charge in [-0.15, -0.1) is 0 Å². The summed E-state index contributed by atoms with van der Waals surface area (Å²) in [5, 5.41) is 0. The number of anilines is 1. The average molecular weight is 501 g/mol. The van der Waals surface area contributed by atoms with Crippen LogP contribution in [0.25, 0.3) is 11.7 Å². The van der Waals surface area contributed by atoms with Crippen LogP contribution in [-0.4, -0.2) is 57.4 Å². The zero-order valence-electron chi connectivity index (χ0n) is 20.2. The van der Waals surface area contributed by atoms with E-state index >= 15 is 0 Å². The standard InChI is InChI=1S/C25H32N4O3S2/c1-5-32-11-7-10-29-24(31)20(34-25(29)33)13-19-22(27-14-16(2)12-17(3)15-27)26-21-18(4)8-6-9-28(21)23(19)30/h6,8-9,13,16-17H,5,7,10-12,14-15H2,1-4H3/b20-13+/t16-,17+. The van der Waals surface area contributed by atoms with Crippen LogP contribution in [0.2, 0.25) is 0 Å². The molecule has 4 rings (SSSR count). The number of amides is 1. The Morgan fingerprint density at radius 2 is 2.00 bits per heavy atom. The molecule has 34 heavy (non-hydrogen) atoms. The van der Waals surface area contributed by atoms with Gasteiger partial charge in [-0.05, 0) is 56.2 Å². The molecule has 1 amide bonds. The predicted molar refractivity (Wildman–Crippen MR) is 142 cm³/mol. The first kappa shape index (κ1) is 24.9. The van der Waals surface area contributed by atoms with Crippen molar-refractivity contribution in [2.45, 2.75) is 40.5 Å². The Morgan fingerprint density at radius 3 is 2.71 bits per heavy atom. The van der Waals surface area contributed by atoms with E-state index < -0.39 is 0 Å². The highest BCUT2D eigenvalue weighted by Gasteiger charge is 2.33. The fourth-order valence-corrected chi connectivity index (χ4v) is 6.09. The summed E-state index contributed by atoms with van der Waals surface area (Å²) in [7, 11) is 0. The number of hydrogen-bond donors (Lipinski definition) is 0. The van der Waals surface area contributed by atoms with Gasteiger partial charge in [0.05, 0.1) is 10.5 Å². The summed E-state index contributed by atoms with van der Waals surface area (Å²) in [6.07, 6.45) is 5.30. The molecule has 0 saturated carbocycles. The summed E-state index contributed by atoms with van der Waals surface area (Å²) in [5.74, 6) is 1.49. The monoisotopic (exact) mass is 500 g/mol. The van der Waals surface area contributed by atoms with Crippen LogP contribution < -0.4 is 10.5 Å². The molecule has 4 heterocycles. The summed E-state index contributed by atoms with van der Waals surface area (Å²) in [4.78, 5) is 36.1. The number of fused-ring (bicyclic) bond motifs is 1. The third-order valence-electron chi connectivity index (χ3n) is 6.26. The van der Waals surface area contributed by atoms with E-state index in [1.807, 2.05) is 26.0 Å². The zero-order valence-corrected chi connectivity index (χ0v) is 21.9. The van der Waals surface area contributed by atoms with Crippen LogP contribution in [0, 0.1) is 18.8 Å². The lowest BCUT2D eigenvalue weighted by Crippen LogP contribution is -2.40. The highest BCUT2D eigenvalue weighted by Crippen LogP contribution is 2.34. The SMILES string of the molecule is CCOCCCN1C(=O)/C(=C\c2c(N3C[C@H](C)C[C@H](C)C3)nc3c(C)cccn3c2=O)SC1=S. The normalized spacial score (nSPS) is 22.4. The van der Waals surface area contributed by atoms with Crippen LogP contribution in [0.4, 0.5) is 5.82 Å². The molecule has 0 N–H and O–H groups in total. The Labute approximate surface area is 210 Å². The van der Waals surface area contributed by atoms with Gasteiger partial charge in [0.2, 0.25) is 0 Å². The van der Waals surface area contributed by atoms with Gasteiger partial charge in [-0.25, -0.2) is 4.98 Å². The second-order valence-electron chi connectivity index (χ2n) is 9.27. The molecule has 2 atom stereocenters. The molecule has 0 aliphatic carbocycles. The summed E-state index contributed by atoms with van der Waals surface area (Å²) in [5.41, 5.74) is 1.86. The van der Waals surface area contributed by atoms with Crippen molar-refractivity contribution in [1.29, 1.82) is 0 Å². The lowest BCUT2D eigenvalue weighted by atomic mass is 9.91. The number of piperidine rings is 1. The summed E-state index contributed by atoms with van der Waals surface area (Å²) in [6.45, 7) is 11.8. The van der Waals surface area contributed by atoms with Crippen LogP contribution in [-0.2, 0) is 9.53 Å². The molecule has 2 aliphatic heterocycles. The Bertz CT molecular complexity index is 1180. The summed E-state index contributed by atoms with van der Waals surface area (Å²) >= 11 is 6.73. The molecule has 9 heteroatoms. The van der Waals surface area contributed by atoms with Gasteiger partial charge in [0.1, 0.15) is 15.8 Å². The fourth-order valence-electron chi connectivity index (χ4n) is 4.80. The molecule has 0 bridgehead atoms. The van der Waals surface area contributed by atoms with E-state index in [0.29, 0.717) is 64.3 Å². The smallest absolute Gasteiger partial charge is 0.267 e. The number of ether oxygens (including phenoxy) is 1. The number of pyridine rings is 1. The first-order valence-electron chi connectivity index (χ1n) is 11.9. The van der Waals surface area contributed by atoms with Crippen molar-refractivity contribution in [1.82, 2.24) is 14.3 Å². The molecular formula is C25H32N4O3S2. The van der Waals surface area contributed by atoms with E-state index in [1.165, 1.54) is 11.8 Å². The molecule has 2 aromatic rings. The maximum Gasteiger partial charge on any atom is 0.267 e. The molecule has 2 saturated heterocycles. The zero-order chi connectivity index (χ0) is 24.4. The fraction of sp³-hybridized carbons (Fsp3) is 0.520. The van der Waals surface area contributed by atoms with Crippen molar-refractivity contribution in [2.24, 2.45) is 11.8 Å². The summed E-state index contributed by atoms with van der Waals surface area (Å²) in [6, 6.07) is 3.80. The maximum atomic E-state index is 13.7. The predicted octanol–water partition coefficient (Wildman–Crippen LogP) is 4.11. The number of thioether (sulfide) groups is 1. The maximum absolute atomic E-state index is 13.7. The molecular weight excluding hydrogens is 468 g/mol. The Hall–Kier alpha value is -2.23. The molecule has 7 nitrogen and oxygen atoms in total. The van der Waals surface area contributed by atoms with Crippen LogP contribution in [0.15, 0.2) is 28.0 Å². The minimum absolute atomic E-state index is 0.161. The number of rotatable bonds is 7. The van der Waals surface area contributed by atoms with Crippen molar-refractivity contribution < 1.29 is 9.53 Å². The Balaban J connectivity index is 1.76. The van der Waals surface area contributed by atoms with Gasteiger partial charge in [0.15, 0.2) is 0 Å². The molecule has 0 spiro atoms.